The number of halogens is 1. The fourth-order valence-corrected chi connectivity index (χ4v) is 2.88. The minimum atomic E-state index is -0.296. The molecule has 2 aromatic rings. The molecule has 1 aromatic heterocycles. The van der Waals surface area contributed by atoms with Crippen LogP contribution in [0.2, 0.25) is 0 Å². The topological polar surface area (TPSA) is 63.2 Å². The third-order valence-electron chi connectivity index (χ3n) is 2.65. The SMILES string of the molecule is CC(C)COc1ccc(C(=O)NC(=S)Nc2nccs2)cc1Br. The number of aromatic nitrogens is 1. The highest BCUT2D eigenvalue weighted by Gasteiger charge is 2.11. The van der Waals surface area contributed by atoms with E-state index in [0.717, 1.165) is 4.47 Å². The number of carbonyl (C=O) groups excluding carboxylic acids is 1. The summed E-state index contributed by atoms with van der Waals surface area (Å²) in [7, 11) is 0. The van der Waals surface area contributed by atoms with Crippen molar-refractivity contribution in [3.05, 3.63) is 39.8 Å². The van der Waals surface area contributed by atoms with E-state index in [1.165, 1.54) is 11.3 Å². The van der Waals surface area contributed by atoms with Crippen LogP contribution in [-0.4, -0.2) is 22.6 Å². The number of thiocarbonyl (C=S) groups is 1. The van der Waals surface area contributed by atoms with Crippen molar-refractivity contribution in [3.63, 3.8) is 0 Å². The van der Waals surface area contributed by atoms with Crippen LogP contribution in [0.15, 0.2) is 34.2 Å². The molecule has 1 heterocycles. The van der Waals surface area contributed by atoms with E-state index in [1.54, 1.807) is 24.4 Å². The Kier molecular flexibility index (Phi) is 6.49. The van der Waals surface area contributed by atoms with Crippen LogP contribution in [0.3, 0.4) is 0 Å². The summed E-state index contributed by atoms with van der Waals surface area (Å²) in [4.78, 5) is 16.2. The van der Waals surface area contributed by atoms with Gasteiger partial charge in [-0.2, -0.15) is 0 Å². The Hall–Kier alpha value is -1.51. The Labute approximate surface area is 152 Å². The van der Waals surface area contributed by atoms with Gasteiger partial charge in [0.2, 0.25) is 0 Å². The third kappa shape index (κ3) is 5.56. The molecule has 0 aliphatic carbocycles. The molecule has 1 aromatic carbocycles. The Balaban J connectivity index is 1.96. The molecule has 0 atom stereocenters. The molecule has 0 bridgehead atoms. The number of nitrogens with one attached hydrogen (secondary N) is 2. The van der Waals surface area contributed by atoms with Gasteiger partial charge >= 0.3 is 0 Å². The number of rotatable bonds is 5. The molecule has 0 aliphatic rings. The van der Waals surface area contributed by atoms with E-state index >= 15 is 0 Å². The molecule has 0 spiro atoms. The summed E-state index contributed by atoms with van der Waals surface area (Å²) >= 11 is 9.91. The van der Waals surface area contributed by atoms with Gasteiger partial charge in [-0.25, -0.2) is 4.98 Å². The van der Waals surface area contributed by atoms with Gasteiger partial charge in [0, 0.05) is 17.1 Å². The van der Waals surface area contributed by atoms with Gasteiger partial charge < -0.3 is 10.1 Å². The van der Waals surface area contributed by atoms with Crippen LogP contribution >= 0.6 is 39.5 Å². The first-order valence-corrected chi connectivity index (χ1v) is 8.98. The lowest BCUT2D eigenvalue weighted by atomic mass is 10.2. The van der Waals surface area contributed by atoms with Crippen molar-refractivity contribution in [2.75, 3.05) is 11.9 Å². The number of carbonyl (C=O) groups is 1. The average molecular weight is 414 g/mol. The van der Waals surface area contributed by atoms with Crippen molar-refractivity contribution < 1.29 is 9.53 Å². The van der Waals surface area contributed by atoms with Crippen molar-refractivity contribution in [1.29, 1.82) is 0 Å². The fraction of sp³-hybridized carbons (Fsp3) is 0.267. The van der Waals surface area contributed by atoms with Gasteiger partial charge in [0.05, 0.1) is 11.1 Å². The van der Waals surface area contributed by atoms with E-state index in [0.29, 0.717) is 29.0 Å². The number of benzene rings is 1. The van der Waals surface area contributed by atoms with Gasteiger partial charge in [0.15, 0.2) is 10.2 Å². The van der Waals surface area contributed by atoms with Crippen LogP contribution in [0.5, 0.6) is 5.75 Å². The summed E-state index contributed by atoms with van der Waals surface area (Å²) in [5.74, 6) is 0.841. The van der Waals surface area contributed by atoms with Crippen LogP contribution in [0.4, 0.5) is 5.13 Å². The largest absolute Gasteiger partial charge is 0.492 e. The summed E-state index contributed by atoms with van der Waals surface area (Å²) in [5, 5.41) is 8.13. The molecule has 2 rings (SSSR count). The molecular formula is C15H16BrN3O2S2. The molecule has 8 heteroatoms. The standard InChI is InChI=1S/C15H16BrN3O2S2/c1-9(2)8-21-12-4-3-10(7-11(12)16)13(20)18-14(22)19-15-17-5-6-23-15/h3-7,9H,8H2,1-2H3,(H2,17,18,19,20,22). The predicted octanol–water partition coefficient (Wildman–Crippen LogP) is 4.07. The van der Waals surface area contributed by atoms with Crippen molar-refractivity contribution in [2.45, 2.75) is 13.8 Å². The van der Waals surface area contributed by atoms with E-state index in [9.17, 15) is 4.79 Å². The summed E-state index contributed by atoms with van der Waals surface area (Å²) in [6, 6.07) is 5.16. The van der Waals surface area contributed by atoms with Gasteiger partial charge in [-0.05, 0) is 52.3 Å². The van der Waals surface area contributed by atoms with Crippen LogP contribution in [0.25, 0.3) is 0 Å². The minimum absolute atomic E-state index is 0.209. The Morgan fingerprint density at radius 1 is 1.48 bits per heavy atom. The summed E-state index contributed by atoms with van der Waals surface area (Å²) < 4.78 is 6.39. The maximum absolute atomic E-state index is 12.2. The fourth-order valence-electron chi connectivity index (χ4n) is 1.60. The first kappa shape index (κ1) is 17.8. The van der Waals surface area contributed by atoms with E-state index < -0.39 is 0 Å². The van der Waals surface area contributed by atoms with Crippen LogP contribution < -0.4 is 15.4 Å². The van der Waals surface area contributed by atoms with E-state index in [-0.39, 0.29) is 11.0 Å². The lowest BCUT2D eigenvalue weighted by Gasteiger charge is -2.12. The molecular weight excluding hydrogens is 398 g/mol. The Morgan fingerprint density at radius 2 is 2.26 bits per heavy atom. The van der Waals surface area contributed by atoms with Crippen molar-refractivity contribution in [2.24, 2.45) is 5.92 Å². The third-order valence-corrected chi connectivity index (χ3v) is 4.16. The van der Waals surface area contributed by atoms with Gasteiger partial charge in [-0.15, -0.1) is 11.3 Å². The number of amides is 1. The highest BCUT2D eigenvalue weighted by molar-refractivity contribution is 9.10. The molecule has 2 N–H and O–H groups in total. The zero-order valence-corrected chi connectivity index (χ0v) is 15.8. The highest BCUT2D eigenvalue weighted by atomic mass is 79.9. The van der Waals surface area contributed by atoms with Crippen LogP contribution in [0.1, 0.15) is 24.2 Å². The molecule has 0 aliphatic heterocycles. The number of nitrogens with zero attached hydrogens (tertiary/aromatic N) is 1. The van der Waals surface area contributed by atoms with Gasteiger partial charge in [0.1, 0.15) is 5.75 Å². The number of hydrogen-bond donors (Lipinski definition) is 2. The second-order valence-corrected chi connectivity index (χ2v) is 7.25. The van der Waals surface area contributed by atoms with E-state index in [2.05, 4.69) is 45.4 Å². The number of anilines is 1. The molecule has 0 saturated heterocycles. The summed E-state index contributed by atoms with van der Waals surface area (Å²) in [6.07, 6.45) is 1.66. The number of thiazole rings is 1. The maximum Gasteiger partial charge on any atom is 0.257 e. The number of ether oxygens (including phenoxy) is 1. The normalized spacial score (nSPS) is 10.4. The molecule has 0 fully saturated rings. The maximum atomic E-state index is 12.2. The molecule has 1 amide bonds. The quantitative estimate of drug-likeness (QED) is 0.723. The highest BCUT2D eigenvalue weighted by Crippen LogP contribution is 2.26. The predicted molar refractivity (Wildman–Crippen MR) is 100 cm³/mol. The molecule has 0 unspecified atom stereocenters. The Bertz CT molecular complexity index is 690. The van der Waals surface area contributed by atoms with E-state index in [4.69, 9.17) is 17.0 Å². The zero-order valence-electron chi connectivity index (χ0n) is 12.6. The second kappa shape index (κ2) is 8.37. The summed E-state index contributed by atoms with van der Waals surface area (Å²) in [5.41, 5.74) is 0.483. The lowest BCUT2D eigenvalue weighted by molar-refractivity contribution is 0.0977. The molecule has 122 valence electrons. The smallest absolute Gasteiger partial charge is 0.257 e. The molecule has 5 nitrogen and oxygen atoms in total. The minimum Gasteiger partial charge on any atom is -0.492 e. The average Bonchev–Trinajstić information content (AvgIpc) is 2.98. The van der Waals surface area contributed by atoms with Gasteiger partial charge in [-0.3, -0.25) is 10.1 Å². The first-order valence-electron chi connectivity index (χ1n) is 6.90. The monoisotopic (exact) mass is 413 g/mol. The van der Waals surface area contributed by atoms with Crippen molar-refractivity contribution >= 4 is 55.6 Å². The van der Waals surface area contributed by atoms with Crippen LogP contribution in [0, 0.1) is 5.92 Å². The molecule has 0 radical (unpaired) electrons. The lowest BCUT2D eigenvalue weighted by Crippen LogP contribution is -2.34. The van der Waals surface area contributed by atoms with Gasteiger partial charge in [0.25, 0.3) is 5.91 Å². The van der Waals surface area contributed by atoms with Gasteiger partial charge in [-0.1, -0.05) is 13.8 Å². The first-order chi connectivity index (χ1) is 11.0. The van der Waals surface area contributed by atoms with E-state index in [1.807, 2.05) is 5.38 Å². The second-order valence-electron chi connectivity index (χ2n) is 5.10. The zero-order chi connectivity index (χ0) is 16.8. The van der Waals surface area contributed by atoms with Crippen LogP contribution in [-0.2, 0) is 0 Å². The van der Waals surface area contributed by atoms with Crippen molar-refractivity contribution in [1.82, 2.24) is 10.3 Å². The summed E-state index contributed by atoms with van der Waals surface area (Å²) in [6.45, 7) is 4.77. The van der Waals surface area contributed by atoms with Crippen molar-refractivity contribution in [3.8, 4) is 5.75 Å². The molecule has 0 saturated carbocycles. The Morgan fingerprint density at radius 3 is 2.87 bits per heavy atom. The number of hydrogen-bond acceptors (Lipinski definition) is 5. The molecule has 23 heavy (non-hydrogen) atoms.